The van der Waals surface area contributed by atoms with Gasteiger partial charge in [-0.2, -0.15) is 0 Å². The molecule has 0 spiro atoms. The summed E-state index contributed by atoms with van der Waals surface area (Å²) in [6.45, 7) is 12.0. The summed E-state index contributed by atoms with van der Waals surface area (Å²) in [6, 6.07) is 5.84. The summed E-state index contributed by atoms with van der Waals surface area (Å²) >= 11 is 0. The van der Waals surface area contributed by atoms with Gasteiger partial charge in [-0.15, -0.1) is 0 Å². The summed E-state index contributed by atoms with van der Waals surface area (Å²) < 4.78 is 17.6. The summed E-state index contributed by atoms with van der Waals surface area (Å²) in [4.78, 5) is 12.0. The number of hydrogen-bond donors (Lipinski definition) is 1. The van der Waals surface area contributed by atoms with Crippen LogP contribution in [0.15, 0.2) is 18.2 Å². The average molecular weight is 333 g/mol. The monoisotopic (exact) mass is 333 g/mol. The minimum absolute atomic E-state index is 0.0216. The van der Waals surface area contributed by atoms with Crippen LogP contribution in [0.4, 0.5) is 0 Å². The van der Waals surface area contributed by atoms with E-state index in [1.165, 1.54) is 0 Å². The largest absolute Gasteiger partial charge is 0.496 e. The maximum atomic E-state index is 12.0. The molecule has 1 aliphatic heterocycles. The summed E-state index contributed by atoms with van der Waals surface area (Å²) in [7, 11) is 1.16. The highest BCUT2D eigenvalue weighted by molar-refractivity contribution is 6.62. The fourth-order valence-electron chi connectivity index (χ4n) is 2.58. The van der Waals surface area contributed by atoms with Crippen molar-refractivity contribution in [3.63, 3.8) is 0 Å². The van der Waals surface area contributed by atoms with Gasteiger partial charge in [0.05, 0.1) is 24.7 Å². The zero-order valence-electron chi connectivity index (χ0n) is 15.7. The lowest BCUT2D eigenvalue weighted by atomic mass is 9.78. The predicted molar refractivity (Wildman–Crippen MR) is 95.7 cm³/mol. The van der Waals surface area contributed by atoms with Crippen LogP contribution in [-0.4, -0.2) is 37.4 Å². The standard InChI is InChI=1S/C18H28BNO4/c1-12(2)20-16(21)10-13-8-9-14(11-15(13)22-7)19-23-17(3,4)18(5,6)24-19/h8-9,11-12H,10H2,1-7H3,(H,20,21). The SMILES string of the molecule is COc1cc(B2OC(C)(C)C(C)(C)O2)ccc1CC(=O)NC(C)C. The number of carbonyl (C=O) groups excluding carboxylic acids is 1. The number of amides is 1. The molecular weight excluding hydrogens is 305 g/mol. The van der Waals surface area contributed by atoms with Crippen molar-refractivity contribution in [1.82, 2.24) is 5.32 Å². The molecular formula is C18H28BNO4. The van der Waals surface area contributed by atoms with E-state index in [0.29, 0.717) is 5.75 Å². The molecule has 1 saturated heterocycles. The van der Waals surface area contributed by atoms with Gasteiger partial charge in [-0.3, -0.25) is 4.79 Å². The van der Waals surface area contributed by atoms with E-state index < -0.39 is 7.12 Å². The summed E-state index contributed by atoms with van der Waals surface area (Å²) in [5.74, 6) is 0.646. The Morgan fingerprint density at radius 2 is 1.79 bits per heavy atom. The summed E-state index contributed by atoms with van der Waals surface area (Å²) in [6.07, 6.45) is 0.283. The lowest BCUT2D eigenvalue weighted by Crippen LogP contribution is -2.41. The van der Waals surface area contributed by atoms with Gasteiger partial charge in [0.1, 0.15) is 5.75 Å². The Bertz CT molecular complexity index is 597. The van der Waals surface area contributed by atoms with Gasteiger partial charge in [0.2, 0.25) is 5.91 Å². The van der Waals surface area contributed by atoms with E-state index in [9.17, 15) is 4.79 Å². The quantitative estimate of drug-likeness (QED) is 0.838. The Hall–Kier alpha value is -1.53. The van der Waals surface area contributed by atoms with Gasteiger partial charge < -0.3 is 19.4 Å². The van der Waals surface area contributed by atoms with Crippen molar-refractivity contribution in [3.8, 4) is 5.75 Å². The second-order valence-corrected chi connectivity index (χ2v) is 7.56. The third-order valence-electron chi connectivity index (χ3n) is 4.64. The average Bonchev–Trinajstić information content (AvgIpc) is 2.66. The van der Waals surface area contributed by atoms with Gasteiger partial charge in [0.15, 0.2) is 0 Å². The minimum atomic E-state index is -0.442. The number of carbonyl (C=O) groups is 1. The van der Waals surface area contributed by atoms with Gasteiger partial charge in [-0.25, -0.2) is 0 Å². The summed E-state index contributed by atoms with van der Waals surface area (Å²) in [5.41, 5.74) is 0.955. The number of benzene rings is 1. The van der Waals surface area contributed by atoms with Gasteiger partial charge in [-0.05, 0) is 53.1 Å². The third kappa shape index (κ3) is 3.93. The predicted octanol–water partition coefficient (Wildman–Crippen LogP) is 2.06. The van der Waals surface area contributed by atoms with Crippen molar-refractivity contribution in [2.24, 2.45) is 0 Å². The lowest BCUT2D eigenvalue weighted by molar-refractivity contribution is -0.120. The molecule has 24 heavy (non-hydrogen) atoms. The first kappa shape index (κ1) is 18.8. The van der Waals surface area contributed by atoms with E-state index in [4.69, 9.17) is 14.0 Å². The molecule has 5 nitrogen and oxygen atoms in total. The molecule has 1 aliphatic rings. The van der Waals surface area contributed by atoms with Crippen LogP contribution in [0.1, 0.15) is 47.1 Å². The van der Waals surface area contributed by atoms with Crippen LogP contribution in [0.25, 0.3) is 0 Å². The molecule has 0 atom stereocenters. The first-order valence-corrected chi connectivity index (χ1v) is 8.37. The van der Waals surface area contributed by atoms with Crippen molar-refractivity contribution in [2.45, 2.75) is 65.2 Å². The molecule has 132 valence electrons. The zero-order valence-corrected chi connectivity index (χ0v) is 15.7. The maximum absolute atomic E-state index is 12.0. The number of nitrogens with one attached hydrogen (secondary N) is 1. The Balaban J connectivity index is 2.19. The number of hydrogen-bond acceptors (Lipinski definition) is 4. The van der Waals surface area contributed by atoms with Crippen molar-refractivity contribution in [2.75, 3.05) is 7.11 Å². The summed E-state index contributed by atoms with van der Waals surface area (Å²) in [5, 5.41) is 2.89. The molecule has 1 N–H and O–H groups in total. The van der Waals surface area contributed by atoms with Gasteiger partial charge in [0, 0.05) is 11.6 Å². The normalized spacial score (nSPS) is 18.8. The number of rotatable bonds is 5. The van der Waals surface area contributed by atoms with Gasteiger partial charge in [-0.1, -0.05) is 12.1 Å². The Labute approximate surface area is 145 Å². The molecule has 1 fully saturated rings. The fourth-order valence-corrected chi connectivity index (χ4v) is 2.58. The molecule has 0 unspecified atom stereocenters. The van der Waals surface area contributed by atoms with Gasteiger partial charge in [0.25, 0.3) is 0 Å². The van der Waals surface area contributed by atoms with Crippen LogP contribution in [0.5, 0.6) is 5.75 Å². The second kappa shape index (κ2) is 6.77. The highest BCUT2D eigenvalue weighted by Crippen LogP contribution is 2.36. The molecule has 1 aromatic carbocycles. The Morgan fingerprint density at radius 3 is 2.29 bits per heavy atom. The molecule has 0 aliphatic carbocycles. The molecule has 0 radical (unpaired) electrons. The zero-order chi connectivity index (χ0) is 18.1. The van der Waals surface area contributed by atoms with E-state index in [-0.39, 0.29) is 29.6 Å². The molecule has 0 saturated carbocycles. The number of methoxy groups -OCH3 is 1. The molecule has 1 heterocycles. The first-order chi connectivity index (χ1) is 11.1. The van der Waals surface area contributed by atoms with Crippen LogP contribution >= 0.6 is 0 Å². The van der Waals surface area contributed by atoms with E-state index >= 15 is 0 Å². The molecule has 2 rings (SSSR count). The van der Waals surface area contributed by atoms with Crippen LogP contribution in [0.3, 0.4) is 0 Å². The lowest BCUT2D eigenvalue weighted by Gasteiger charge is -2.32. The van der Waals surface area contributed by atoms with E-state index in [0.717, 1.165) is 11.0 Å². The van der Waals surface area contributed by atoms with E-state index in [1.54, 1.807) is 7.11 Å². The first-order valence-electron chi connectivity index (χ1n) is 8.37. The van der Waals surface area contributed by atoms with E-state index in [2.05, 4.69) is 5.32 Å². The fraction of sp³-hybridized carbons (Fsp3) is 0.611. The van der Waals surface area contributed by atoms with Crippen LogP contribution < -0.4 is 15.5 Å². The highest BCUT2D eigenvalue weighted by atomic mass is 16.7. The van der Waals surface area contributed by atoms with Crippen LogP contribution in [0, 0.1) is 0 Å². The molecule has 0 aromatic heterocycles. The Kier molecular flexibility index (Phi) is 5.30. The molecule has 1 amide bonds. The van der Waals surface area contributed by atoms with Crippen molar-refractivity contribution in [3.05, 3.63) is 23.8 Å². The van der Waals surface area contributed by atoms with Gasteiger partial charge >= 0.3 is 7.12 Å². The Morgan fingerprint density at radius 1 is 1.21 bits per heavy atom. The third-order valence-corrected chi connectivity index (χ3v) is 4.64. The van der Waals surface area contributed by atoms with Crippen molar-refractivity contribution < 1.29 is 18.8 Å². The highest BCUT2D eigenvalue weighted by Gasteiger charge is 2.51. The van der Waals surface area contributed by atoms with Crippen molar-refractivity contribution in [1.29, 1.82) is 0 Å². The minimum Gasteiger partial charge on any atom is -0.496 e. The number of ether oxygens (including phenoxy) is 1. The molecule has 1 aromatic rings. The van der Waals surface area contributed by atoms with Crippen LogP contribution in [-0.2, 0) is 20.5 Å². The van der Waals surface area contributed by atoms with E-state index in [1.807, 2.05) is 59.7 Å². The van der Waals surface area contributed by atoms with Crippen LogP contribution in [0.2, 0.25) is 0 Å². The maximum Gasteiger partial charge on any atom is 0.494 e. The molecule has 6 heteroatoms. The van der Waals surface area contributed by atoms with Crippen molar-refractivity contribution >= 4 is 18.5 Å². The second-order valence-electron chi connectivity index (χ2n) is 7.56. The smallest absolute Gasteiger partial charge is 0.494 e. The topological polar surface area (TPSA) is 56.8 Å². The molecule has 0 bridgehead atoms.